The summed E-state index contributed by atoms with van der Waals surface area (Å²) < 4.78 is 33.6. The van der Waals surface area contributed by atoms with Crippen LogP contribution in [-0.2, 0) is 21.8 Å². The number of carbonyl (C=O) groups excluding carboxylic acids is 1. The number of aromatic nitrogens is 1. The molecule has 162 valence electrons. The van der Waals surface area contributed by atoms with E-state index in [0.717, 1.165) is 0 Å². The molecule has 1 aliphatic rings. The van der Waals surface area contributed by atoms with E-state index in [9.17, 15) is 18.0 Å². The van der Waals surface area contributed by atoms with Crippen molar-refractivity contribution in [2.45, 2.75) is 4.90 Å². The molecule has 4 rings (SSSR count). The highest BCUT2D eigenvalue weighted by Gasteiger charge is 2.26. The Morgan fingerprint density at radius 1 is 1.10 bits per heavy atom. The lowest BCUT2D eigenvalue weighted by Crippen LogP contribution is -2.40. The number of para-hydroxylation sites is 1. The van der Waals surface area contributed by atoms with E-state index in [4.69, 9.17) is 16.3 Å². The molecule has 3 aromatic rings. The van der Waals surface area contributed by atoms with Crippen molar-refractivity contribution in [3.63, 3.8) is 0 Å². The average molecular weight is 462 g/mol. The minimum absolute atomic E-state index is 0.0396. The van der Waals surface area contributed by atoms with Gasteiger partial charge in [0.2, 0.25) is 15.5 Å². The molecule has 1 saturated heterocycles. The summed E-state index contributed by atoms with van der Waals surface area (Å²) >= 11 is 6.18. The van der Waals surface area contributed by atoms with Crippen LogP contribution in [0, 0.1) is 0 Å². The summed E-state index contributed by atoms with van der Waals surface area (Å²) in [6.45, 7) is 1.32. The fourth-order valence-corrected chi connectivity index (χ4v) is 5.24. The van der Waals surface area contributed by atoms with Crippen LogP contribution in [0.3, 0.4) is 0 Å². The summed E-state index contributed by atoms with van der Waals surface area (Å²) in [5.41, 5.74) is 0.449. The number of benzene rings is 2. The van der Waals surface area contributed by atoms with Crippen molar-refractivity contribution in [2.75, 3.05) is 31.6 Å². The van der Waals surface area contributed by atoms with Gasteiger partial charge in [0.15, 0.2) is 0 Å². The minimum atomic E-state index is -3.63. The molecule has 2 aromatic carbocycles. The third-order valence-corrected chi connectivity index (χ3v) is 7.33. The van der Waals surface area contributed by atoms with Crippen molar-refractivity contribution in [1.82, 2.24) is 8.87 Å². The van der Waals surface area contributed by atoms with E-state index in [2.05, 4.69) is 5.32 Å². The molecule has 0 atom stereocenters. The van der Waals surface area contributed by atoms with E-state index >= 15 is 0 Å². The van der Waals surface area contributed by atoms with Crippen LogP contribution < -0.4 is 10.7 Å². The summed E-state index contributed by atoms with van der Waals surface area (Å²) in [6, 6.07) is 10.8. The van der Waals surface area contributed by atoms with Crippen molar-refractivity contribution in [1.29, 1.82) is 0 Å². The first-order valence-corrected chi connectivity index (χ1v) is 11.4. The summed E-state index contributed by atoms with van der Waals surface area (Å²) in [5, 5.41) is 3.41. The smallest absolute Gasteiger partial charge is 0.261 e. The number of ether oxygens (including phenoxy) is 1. The van der Waals surface area contributed by atoms with Crippen LogP contribution in [0.1, 0.15) is 10.4 Å². The number of aryl methyl sites for hydroxylation is 1. The number of fused-ring (bicyclic) bond motifs is 1. The van der Waals surface area contributed by atoms with Crippen molar-refractivity contribution >= 4 is 44.1 Å². The van der Waals surface area contributed by atoms with Gasteiger partial charge in [-0.15, -0.1) is 0 Å². The second-order valence-electron chi connectivity index (χ2n) is 7.11. The Balaban J connectivity index is 1.58. The molecule has 1 aromatic heterocycles. The standard InChI is InChI=1S/C21H20ClN3O5S/c1-24-13-17(20(26)16-3-2-4-18(22)19(16)24)21(27)23-14-5-7-15(8-6-14)31(28,29)25-9-11-30-12-10-25/h2-8,13H,9-12H2,1H3,(H,23,27). The van der Waals surface area contributed by atoms with Gasteiger partial charge in [0.25, 0.3) is 5.91 Å². The zero-order valence-electron chi connectivity index (χ0n) is 16.7. The number of anilines is 1. The Morgan fingerprint density at radius 2 is 1.77 bits per heavy atom. The number of pyridine rings is 1. The van der Waals surface area contributed by atoms with Gasteiger partial charge in [0, 0.05) is 37.4 Å². The van der Waals surface area contributed by atoms with Gasteiger partial charge in [0.05, 0.1) is 28.6 Å². The molecule has 1 aliphatic heterocycles. The number of amides is 1. The van der Waals surface area contributed by atoms with Crippen LogP contribution in [0.2, 0.25) is 5.02 Å². The van der Waals surface area contributed by atoms with E-state index in [0.29, 0.717) is 47.9 Å². The molecule has 0 aliphatic carbocycles. The number of hydrogen-bond acceptors (Lipinski definition) is 5. The number of sulfonamides is 1. The molecule has 1 N–H and O–H groups in total. The summed E-state index contributed by atoms with van der Waals surface area (Å²) in [4.78, 5) is 25.7. The SMILES string of the molecule is Cn1cc(C(=O)Nc2ccc(S(=O)(=O)N3CCOCC3)cc2)c(=O)c2cccc(Cl)c21. The quantitative estimate of drug-likeness (QED) is 0.643. The van der Waals surface area contributed by atoms with Gasteiger partial charge < -0.3 is 14.6 Å². The highest BCUT2D eigenvalue weighted by molar-refractivity contribution is 7.89. The first-order valence-electron chi connectivity index (χ1n) is 9.56. The van der Waals surface area contributed by atoms with E-state index < -0.39 is 21.4 Å². The van der Waals surface area contributed by atoms with Crippen LogP contribution in [0.4, 0.5) is 5.69 Å². The normalized spacial score (nSPS) is 15.2. The van der Waals surface area contributed by atoms with Gasteiger partial charge in [0.1, 0.15) is 5.56 Å². The second-order valence-corrected chi connectivity index (χ2v) is 9.46. The lowest BCUT2D eigenvalue weighted by atomic mass is 10.1. The van der Waals surface area contributed by atoms with Gasteiger partial charge in [-0.3, -0.25) is 9.59 Å². The molecule has 10 heteroatoms. The summed E-state index contributed by atoms with van der Waals surface area (Å²) in [5.74, 6) is -0.591. The largest absolute Gasteiger partial charge is 0.379 e. The Labute approximate surface area is 184 Å². The third kappa shape index (κ3) is 4.09. The van der Waals surface area contributed by atoms with Gasteiger partial charge in [-0.05, 0) is 36.4 Å². The van der Waals surface area contributed by atoms with Crippen LogP contribution in [-0.4, -0.2) is 49.5 Å². The lowest BCUT2D eigenvalue weighted by molar-refractivity contribution is 0.0730. The Bertz CT molecular complexity index is 1310. The van der Waals surface area contributed by atoms with E-state index in [1.54, 1.807) is 29.8 Å². The molecule has 0 saturated carbocycles. The van der Waals surface area contributed by atoms with E-state index in [1.165, 1.54) is 34.8 Å². The maximum atomic E-state index is 12.8. The van der Waals surface area contributed by atoms with Crippen molar-refractivity contribution < 1.29 is 17.9 Å². The van der Waals surface area contributed by atoms with Gasteiger partial charge in [-0.2, -0.15) is 4.31 Å². The van der Waals surface area contributed by atoms with Gasteiger partial charge >= 0.3 is 0 Å². The predicted molar refractivity (Wildman–Crippen MR) is 118 cm³/mol. The average Bonchev–Trinajstić information content (AvgIpc) is 2.77. The highest BCUT2D eigenvalue weighted by atomic mass is 35.5. The molecule has 1 fully saturated rings. The van der Waals surface area contributed by atoms with Crippen LogP contribution in [0.5, 0.6) is 0 Å². The maximum absolute atomic E-state index is 12.8. The Morgan fingerprint density at radius 3 is 2.45 bits per heavy atom. The number of morpholine rings is 1. The molecule has 2 heterocycles. The molecule has 0 unspecified atom stereocenters. The number of nitrogens with one attached hydrogen (secondary N) is 1. The van der Waals surface area contributed by atoms with Gasteiger partial charge in [-0.1, -0.05) is 17.7 Å². The molecule has 0 spiro atoms. The minimum Gasteiger partial charge on any atom is -0.379 e. The first-order chi connectivity index (χ1) is 14.8. The zero-order chi connectivity index (χ0) is 22.2. The number of hydrogen-bond donors (Lipinski definition) is 1. The van der Waals surface area contributed by atoms with Gasteiger partial charge in [-0.25, -0.2) is 8.42 Å². The maximum Gasteiger partial charge on any atom is 0.261 e. The first kappa shape index (κ1) is 21.5. The Hall–Kier alpha value is -2.72. The monoisotopic (exact) mass is 461 g/mol. The molecule has 31 heavy (non-hydrogen) atoms. The molecular formula is C21H20ClN3O5S. The molecule has 1 amide bonds. The fraction of sp³-hybridized carbons (Fsp3) is 0.238. The van der Waals surface area contributed by atoms with Crippen LogP contribution >= 0.6 is 11.6 Å². The van der Waals surface area contributed by atoms with Crippen LogP contribution in [0.15, 0.2) is 58.4 Å². The van der Waals surface area contributed by atoms with E-state index in [-0.39, 0.29) is 10.5 Å². The molecular weight excluding hydrogens is 442 g/mol. The molecule has 8 nitrogen and oxygen atoms in total. The number of nitrogens with zero attached hydrogens (tertiary/aromatic N) is 2. The number of halogens is 1. The topological polar surface area (TPSA) is 97.7 Å². The summed E-state index contributed by atoms with van der Waals surface area (Å²) in [6.07, 6.45) is 1.43. The van der Waals surface area contributed by atoms with Crippen LogP contribution in [0.25, 0.3) is 10.9 Å². The molecule has 0 bridgehead atoms. The summed E-state index contributed by atoms with van der Waals surface area (Å²) in [7, 11) is -1.92. The van der Waals surface area contributed by atoms with Crippen molar-refractivity contribution in [2.24, 2.45) is 7.05 Å². The van der Waals surface area contributed by atoms with Crippen molar-refractivity contribution in [3.8, 4) is 0 Å². The molecule has 0 radical (unpaired) electrons. The van der Waals surface area contributed by atoms with E-state index in [1.807, 2.05) is 0 Å². The number of rotatable bonds is 4. The predicted octanol–water partition coefficient (Wildman–Crippen LogP) is 2.47. The fourth-order valence-electron chi connectivity index (χ4n) is 3.53. The Kier molecular flexibility index (Phi) is 5.85. The zero-order valence-corrected chi connectivity index (χ0v) is 18.2. The lowest BCUT2D eigenvalue weighted by Gasteiger charge is -2.26. The third-order valence-electron chi connectivity index (χ3n) is 5.12. The number of carbonyl (C=O) groups is 1. The highest BCUT2D eigenvalue weighted by Crippen LogP contribution is 2.22. The van der Waals surface area contributed by atoms with Crippen molar-refractivity contribution in [3.05, 3.63) is 69.5 Å². The second kappa shape index (κ2) is 8.43.